The van der Waals surface area contributed by atoms with Gasteiger partial charge in [0, 0.05) is 24.2 Å². The van der Waals surface area contributed by atoms with Crippen LogP contribution in [0.4, 0.5) is 18.9 Å². The van der Waals surface area contributed by atoms with Crippen LogP contribution in [0.25, 0.3) is 0 Å². The third kappa shape index (κ3) is 7.40. The molecule has 0 aliphatic carbocycles. The Hall–Kier alpha value is -3.50. The van der Waals surface area contributed by atoms with Gasteiger partial charge in [-0.1, -0.05) is 18.2 Å². The lowest BCUT2D eigenvalue weighted by Crippen LogP contribution is -2.50. The first-order valence-corrected chi connectivity index (χ1v) is 16.4. The number of halogens is 3. The molecule has 3 amide bonds. The van der Waals surface area contributed by atoms with E-state index in [9.17, 15) is 32.6 Å². The lowest BCUT2D eigenvalue weighted by atomic mass is 9.78. The molecular weight excluding hydrogens is 628 g/mol. The Balaban J connectivity index is 1.24. The Kier molecular flexibility index (Phi) is 10.6. The average molecular weight is 673 g/mol. The standard InChI is InChI=1S/C33H44BF3N6O5/c1-32(2)23-9-8-20(15-24(23)34(47)48-32)41-31(46)26(11-5-18-3-6-19(7-4-18)33(35,36)37)42-30(45)25(40)10-14-29(44)43-27-12-13-28(43)22(17-39)21(27)16-38/h3-4,6-9,15,21-22,25-28,47H,5,10-14,16-17,38-40H2,1-2H3,(H,41,46)(H,42,45)/t21-,22+,25-,26?,27?,28?/m0/s1. The number of anilines is 1. The second kappa shape index (κ2) is 14.2. The highest BCUT2D eigenvalue weighted by Crippen LogP contribution is 2.45. The normalized spacial score (nSPS) is 23.9. The third-order valence-electron chi connectivity index (χ3n) is 10.1. The molecule has 11 nitrogen and oxygen atoms in total. The number of fused-ring (bicyclic) bond motifs is 3. The van der Waals surface area contributed by atoms with E-state index in [2.05, 4.69) is 10.6 Å². The summed E-state index contributed by atoms with van der Waals surface area (Å²) in [6.07, 6.45) is -2.44. The number of rotatable bonds is 12. The number of carbonyl (C=O) groups excluding carboxylic acids is 3. The van der Waals surface area contributed by atoms with Gasteiger partial charge in [0.05, 0.1) is 17.2 Å². The Morgan fingerprint density at radius 1 is 1.02 bits per heavy atom. The maximum Gasteiger partial charge on any atom is 0.492 e. The monoisotopic (exact) mass is 672 g/mol. The van der Waals surface area contributed by atoms with Gasteiger partial charge in [0.2, 0.25) is 17.7 Å². The minimum absolute atomic E-state index is 0.0299. The molecule has 3 aliphatic heterocycles. The van der Waals surface area contributed by atoms with Crippen molar-refractivity contribution in [1.29, 1.82) is 0 Å². The van der Waals surface area contributed by atoms with Crippen LogP contribution in [0, 0.1) is 11.8 Å². The van der Waals surface area contributed by atoms with Crippen LogP contribution < -0.4 is 33.3 Å². The van der Waals surface area contributed by atoms with E-state index in [0.29, 0.717) is 29.8 Å². The molecule has 0 radical (unpaired) electrons. The molecule has 2 fully saturated rings. The number of hydrogen-bond acceptors (Lipinski definition) is 8. The molecule has 2 bridgehead atoms. The molecule has 2 saturated heterocycles. The molecule has 5 rings (SSSR count). The van der Waals surface area contributed by atoms with Crippen molar-refractivity contribution < 1.29 is 37.2 Å². The van der Waals surface area contributed by atoms with E-state index in [4.69, 9.17) is 21.9 Å². The summed E-state index contributed by atoms with van der Waals surface area (Å²) in [6, 6.07) is 7.43. The van der Waals surface area contributed by atoms with Gasteiger partial charge in [-0.05, 0) is 112 Å². The van der Waals surface area contributed by atoms with Gasteiger partial charge in [-0.25, -0.2) is 0 Å². The van der Waals surface area contributed by atoms with E-state index in [0.717, 1.165) is 30.5 Å². The van der Waals surface area contributed by atoms with Gasteiger partial charge < -0.3 is 42.4 Å². The molecule has 260 valence electrons. The Bertz CT molecular complexity index is 1490. The van der Waals surface area contributed by atoms with Crippen LogP contribution in [0.2, 0.25) is 0 Å². The topological polar surface area (TPSA) is 186 Å². The van der Waals surface area contributed by atoms with Gasteiger partial charge in [0.25, 0.3) is 0 Å². The highest BCUT2D eigenvalue weighted by atomic mass is 19.4. The first-order chi connectivity index (χ1) is 22.6. The van der Waals surface area contributed by atoms with Crippen molar-refractivity contribution in [2.45, 2.75) is 88.3 Å². The second-order valence-electron chi connectivity index (χ2n) is 13.5. The summed E-state index contributed by atoms with van der Waals surface area (Å²) in [6.45, 7) is 4.52. The van der Waals surface area contributed by atoms with Crippen LogP contribution in [0.1, 0.15) is 62.6 Å². The van der Waals surface area contributed by atoms with Gasteiger partial charge in [0.15, 0.2) is 0 Å². The molecule has 48 heavy (non-hydrogen) atoms. The van der Waals surface area contributed by atoms with Gasteiger partial charge in [-0.2, -0.15) is 13.2 Å². The fraction of sp³-hybridized carbons (Fsp3) is 0.545. The Morgan fingerprint density at radius 2 is 1.65 bits per heavy atom. The van der Waals surface area contributed by atoms with Crippen LogP contribution in [0.15, 0.2) is 42.5 Å². The largest absolute Gasteiger partial charge is 0.492 e. The number of hydrogen-bond donors (Lipinski definition) is 6. The number of nitrogens with zero attached hydrogens (tertiary/aromatic N) is 1. The third-order valence-corrected chi connectivity index (χ3v) is 10.1. The second-order valence-corrected chi connectivity index (χ2v) is 13.5. The zero-order chi connectivity index (χ0) is 35.0. The van der Waals surface area contributed by atoms with Crippen LogP contribution >= 0.6 is 0 Å². The lowest BCUT2D eigenvalue weighted by molar-refractivity contribution is -0.137. The lowest BCUT2D eigenvalue weighted by Gasteiger charge is -2.25. The maximum absolute atomic E-state index is 13.5. The zero-order valence-electron chi connectivity index (χ0n) is 27.1. The predicted octanol–water partition coefficient (Wildman–Crippen LogP) is 1.34. The molecule has 15 heteroatoms. The van der Waals surface area contributed by atoms with Gasteiger partial charge >= 0.3 is 13.3 Å². The number of carbonyl (C=O) groups is 3. The summed E-state index contributed by atoms with van der Waals surface area (Å²) in [5, 5.41) is 15.8. The Labute approximate surface area is 278 Å². The fourth-order valence-electron chi connectivity index (χ4n) is 7.60. The number of nitrogens with two attached hydrogens (primary N) is 3. The Morgan fingerprint density at radius 3 is 2.23 bits per heavy atom. The van der Waals surface area contributed by atoms with Crippen molar-refractivity contribution in [2.24, 2.45) is 29.0 Å². The minimum Gasteiger partial charge on any atom is -0.423 e. The van der Waals surface area contributed by atoms with Gasteiger partial charge in [-0.15, -0.1) is 0 Å². The SMILES string of the molecule is CC1(C)OB(O)c2cc(NC(=O)C(CCc3ccc(C(F)(F)F)cc3)NC(=O)[C@@H](N)CCC(=O)N3C4CCC3[C@H](CN)[C@@H]4CN)ccc21. The summed E-state index contributed by atoms with van der Waals surface area (Å²) in [5.41, 5.74) is 18.9. The van der Waals surface area contributed by atoms with Crippen molar-refractivity contribution in [2.75, 3.05) is 18.4 Å². The number of alkyl halides is 3. The number of aryl methyl sites for hydroxylation is 1. The van der Waals surface area contributed by atoms with Crippen molar-refractivity contribution in [3.63, 3.8) is 0 Å². The highest BCUT2D eigenvalue weighted by Gasteiger charge is 2.53. The van der Waals surface area contributed by atoms with E-state index in [1.165, 1.54) is 12.1 Å². The van der Waals surface area contributed by atoms with E-state index in [-0.39, 0.29) is 55.5 Å². The number of nitrogens with one attached hydrogen (secondary N) is 2. The first kappa shape index (κ1) is 35.8. The molecule has 3 aliphatic rings. The molecule has 9 N–H and O–H groups in total. The fourth-order valence-corrected chi connectivity index (χ4v) is 7.60. The van der Waals surface area contributed by atoms with E-state index < -0.39 is 48.4 Å². The van der Waals surface area contributed by atoms with E-state index >= 15 is 0 Å². The van der Waals surface area contributed by atoms with Crippen LogP contribution in [0.5, 0.6) is 0 Å². The maximum atomic E-state index is 13.5. The van der Waals surface area contributed by atoms with Gasteiger partial charge in [0.1, 0.15) is 6.04 Å². The van der Waals surface area contributed by atoms with E-state index in [1.54, 1.807) is 18.2 Å². The van der Waals surface area contributed by atoms with Crippen molar-refractivity contribution in [3.8, 4) is 0 Å². The highest BCUT2D eigenvalue weighted by molar-refractivity contribution is 6.62. The molecule has 2 aromatic carbocycles. The molecule has 6 atom stereocenters. The van der Waals surface area contributed by atoms with Gasteiger partial charge in [-0.3, -0.25) is 14.4 Å². The molecule has 2 aromatic rings. The quantitative estimate of drug-likeness (QED) is 0.183. The smallest absolute Gasteiger partial charge is 0.423 e. The molecule has 3 unspecified atom stereocenters. The molecular formula is C33H44BF3N6O5. The number of amides is 3. The molecule has 0 spiro atoms. The molecule has 0 aromatic heterocycles. The summed E-state index contributed by atoms with van der Waals surface area (Å²) < 4.78 is 44.8. The summed E-state index contributed by atoms with van der Waals surface area (Å²) in [7, 11) is -1.18. The van der Waals surface area contributed by atoms with Crippen molar-refractivity contribution in [1.82, 2.24) is 10.2 Å². The predicted molar refractivity (Wildman–Crippen MR) is 174 cm³/mol. The van der Waals surface area contributed by atoms with Crippen LogP contribution in [-0.4, -0.2) is 72.0 Å². The van der Waals surface area contributed by atoms with Crippen LogP contribution in [-0.2, 0) is 37.2 Å². The summed E-state index contributed by atoms with van der Waals surface area (Å²) in [5.74, 6) is -1.04. The molecule has 0 saturated carbocycles. The first-order valence-electron chi connectivity index (χ1n) is 16.4. The minimum atomic E-state index is -4.48. The van der Waals surface area contributed by atoms with Crippen molar-refractivity contribution in [3.05, 3.63) is 59.2 Å². The average Bonchev–Trinajstić information content (AvgIpc) is 3.67. The summed E-state index contributed by atoms with van der Waals surface area (Å²) in [4.78, 5) is 42.0. The van der Waals surface area contributed by atoms with Crippen LogP contribution in [0.3, 0.4) is 0 Å². The zero-order valence-corrected chi connectivity index (χ0v) is 27.1. The number of benzene rings is 2. The van der Waals surface area contributed by atoms with Crippen molar-refractivity contribution >= 4 is 36.0 Å². The van der Waals surface area contributed by atoms with E-state index in [1.807, 2.05) is 18.7 Å². The summed E-state index contributed by atoms with van der Waals surface area (Å²) >= 11 is 0. The molecule has 3 heterocycles.